The SMILES string of the molecule is CCOc1cncc(-c2ccc(CC(=O)C3(c4ccnc(CS(=O)(=O)C5CC5)n4)CCC3)nc2)n1. The van der Waals surface area contributed by atoms with Crippen molar-refractivity contribution in [3.8, 4) is 17.1 Å². The quantitative estimate of drug-likeness (QED) is 0.419. The highest BCUT2D eigenvalue weighted by molar-refractivity contribution is 7.91. The fraction of sp³-hybridized carbons (Fsp3) is 0.440. The van der Waals surface area contributed by atoms with Crippen LogP contribution in [-0.2, 0) is 32.2 Å². The average molecular weight is 494 g/mol. The maximum atomic E-state index is 13.4. The molecule has 3 heterocycles. The Bertz CT molecular complexity index is 1340. The Kier molecular flexibility index (Phi) is 6.31. The zero-order valence-electron chi connectivity index (χ0n) is 19.6. The maximum Gasteiger partial charge on any atom is 0.232 e. The highest BCUT2D eigenvalue weighted by Gasteiger charge is 2.46. The summed E-state index contributed by atoms with van der Waals surface area (Å²) in [7, 11) is -3.23. The van der Waals surface area contributed by atoms with Crippen LogP contribution in [0.3, 0.4) is 0 Å². The summed E-state index contributed by atoms with van der Waals surface area (Å²) in [6, 6.07) is 5.43. The second-order valence-corrected chi connectivity index (χ2v) is 11.4. The number of nitrogens with zero attached hydrogens (tertiary/aromatic N) is 5. The fourth-order valence-electron chi connectivity index (χ4n) is 4.39. The van der Waals surface area contributed by atoms with Crippen molar-refractivity contribution >= 4 is 15.6 Å². The number of pyridine rings is 1. The molecule has 0 N–H and O–H groups in total. The topological polar surface area (TPSA) is 125 Å². The molecule has 3 aromatic rings. The van der Waals surface area contributed by atoms with Crippen molar-refractivity contribution in [1.82, 2.24) is 24.9 Å². The molecule has 2 aliphatic rings. The molecule has 2 saturated carbocycles. The zero-order chi connectivity index (χ0) is 24.5. The molecule has 5 rings (SSSR count). The van der Waals surface area contributed by atoms with Gasteiger partial charge in [0.05, 0.1) is 41.1 Å². The van der Waals surface area contributed by atoms with Gasteiger partial charge in [0, 0.05) is 30.1 Å². The molecule has 0 unspecified atom stereocenters. The van der Waals surface area contributed by atoms with Gasteiger partial charge in [0.1, 0.15) is 11.6 Å². The molecule has 0 aromatic carbocycles. The minimum absolute atomic E-state index is 0.0387. The van der Waals surface area contributed by atoms with Crippen LogP contribution < -0.4 is 4.74 Å². The second-order valence-electron chi connectivity index (χ2n) is 9.11. The van der Waals surface area contributed by atoms with Gasteiger partial charge in [-0.2, -0.15) is 0 Å². The Morgan fingerprint density at radius 2 is 1.91 bits per heavy atom. The van der Waals surface area contributed by atoms with Crippen LogP contribution in [0.1, 0.15) is 56.2 Å². The van der Waals surface area contributed by atoms with E-state index in [9.17, 15) is 13.2 Å². The third-order valence-electron chi connectivity index (χ3n) is 6.67. The number of aromatic nitrogens is 5. The molecule has 0 radical (unpaired) electrons. The van der Waals surface area contributed by atoms with Crippen molar-refractivity contribution in [2.75, 3.05) is 6.61 Å². The van der Waals surface area contributed by atoms with E-state index < -0.39 is 15.3 Å². The summed E-state index contributed by atoms with van der Waals surface area (Å²) in [4.78, 5) is 35.2. The van der Waals surface area contributed by atoms with Crippen LogP contribution in [0.2, 0.25) is 0 Å². The number of ketones is 1. The predicted molar refractivity (Wildman–Crippen MR) is 128 cm³/mol. The zero-order valence-corrected chi connectivity index (χ0v) is 20.4. The smallest absolute Gasteiger partial charge is 0.232 e. The molecule has 182 valence electrons. The van der Waals surface area contributed by atoms with Crippen molar-refractivity contribution < 1.29 is 17.9 Å². The Labute approximate surface area is 204 Å². The molecule has 0 spiro atoms. The van der Waals surface area contributed by atoms with Crippen molar-refractivity contribution in [2.24, 2.45) is 0 Å². The standard InChI is InChI=1S/C25H27N5O4S/c1-2-34-24-15-26-14-20(29-24)17-4-5-18(28-13-17)12-22(31)25(9-3-10-25)21-8-11-27-23(30-21)16-35(32,33)19-6-7-19/h4-5,8,11,13-15,19H,2-3,6-7,9-10,12,16H2,1H3. The summed E-state index contributed by atoms with van der Waals surface area (Å²) in [5.41, 5.74) is 1.99. The molecule has 35 heavy (non-hydrogen) atoms. The third-order valence-corrected chi connectivity index (χ3v) is 8.81. The van der Waals surface area contributed by atoms with E-state index in [1.165, 1.54) is 0 Å². The van der Waals surface area contributed by atoms with E-state index in [2.05, 4.69) is 24.9 Å². The lowest BCUT2D eigenvalue weighted by Gasteiger charge is -2.40. The van der Waals surface area contributed by atoms with Gasteiger partial charge in [0.25, 0.3) is 0 Å². The van der Waals surface area contributed by atoms with Crippen LogP contribution in [-0.4, -0.2) is 51.0 Å². The highest BCUT2D eigenvalue weighted by atomic mass is 32.2. The monoisotopic (exact) mass is 493 g/mol. The summed E-state index contributed by atoms with van der Waals surface area (Å²) in [5.74, 6) is 0.583. The van der Waals surface area contributed by atoms with Crippen molar-refractivity contribution in [1.29, 1.82) is 0 Å². The Morgan fingerprint density at radius 3 is 2.57 bits per heavy atom. The Morgan fingerprint density at radius 1 is 1.09 bits per heavy atom. The van der Waals surface area contributed by atoms with Gasteiger partial charge >= 0.3 is 0 Å². The summed E-state index contributed by atoms with van der Waals surface area (Å²) >= 11 is 0. The van der Waals surface area contributed by atoms with Gasteiger partial charge in [-0.15, -0.1) is 0 Å². The first-order chi connectivity index (χ1) is 16.9. The van der Waals surface area contributed by atoms with Crippen LogP contribution in [0.5, 0.6) is 5.88 Å². The maximum absolute atomic E-state index is 13.4. The van der Waals surface area contributed by atoms with Crippen molar-refractivity contribution in [3.05, 3.63) is 60.2 Å². The molecule has 0 amide bonds. The van der Waals surface area contributed by atoms with Crippen LogP contribution >= 0.6 is 0 Å². The molecule has 2 fully saturated rings. The number of sulfone groups is 1. The van der Waals surface area contributed by atoms with E-state index in [-0.39, 0.29) is 29.0 Å². The number of hydrogen-bond donors (Lipinski definition) is 0. The van der Waals surface area contributed by atoms with Crippen LogP contribution in [0.15, 0.2) is 43.0 Å². The average Bonchev–Trinajstić information content (AvgIpc) is 3.66. The fourth-order valence-corrected chi connectivity index (χ4v) is 5.98. The van der Waals surface area contributed by atoms with Crippen LogP contribution in [0, 0.1) is 0 Å². The predicted octanol–water partition coefficient (Wildman–Crippen LogP) is 3.04. The number of carbonyl (C=O) groups is 1. The van der Waals surface area contributed by atoms with E-state index >= 15 is 0 Å². The molecule has 3 aromatic heterocycles. The minimum atomic E-state index is -3.23. The summed E-state index contributed by atoms with van der Waals surface area (Å²) in [5, 5.41) is -0.268. The van der Waals surface area contributed by atoms with E-state index in [0.29, 0.717) is 55.3 Å². The van der Waals surface area contributed by atoms with Gasteiger partial charge < -0.3 is 4.74 Å². The van der Waals surface area contributed by atoms with E-state index in [4.69, 9.17) is 4.74 Å². The van der Waals surface area contributed by atoms with Gasteiger partial charge in [-0.1, -0.05) is 6.42 Å². The molecule has 0 atom stereocenters. The summed E-state index contributed by atoms with van der Waals surface area (Å²) < 4.78 is 30.2. The van der Waals surface area contributed by atoms with Gasteiger partial charge in [-0.05, 0) is 50.8 Å². The van der Waals surface area contributed by atoms with Gasteiger partial charge in [-0.3, -0.25) is 14.8 Å². The highest BCUT2D eigenvalue weighted by Crippen LogP contribution is 2.44. The van der Waals surface area contributed by atoms with E-state index in [0.717, 1.165) is 12.0 Å². The van der Waals surface area contributed by atoms with Gasteiger partial charge in [0.15, 0.2) is 15.6 Å². The van der Waals surface area contributed by atoms with Crippen LogP contribution in [0.4, 0.5) is 0 Å². The lowest BCUT2D eigenvalue weighted by molar-refractivity contribution is -0.127. The van der Waals surface area contributed by atoms with Gasteiger partial charge in [0.2, 0.25) is 5.88 Å². The first kappa shape index (κ1) is 23.5. The largest absolute Gasteiger partial charge is 0.477 e. The number of ether oxygens (including phenoxy) is 1. The van der Waals surface area contributed by atoms with Crippen molar-refractivity contribution in [3.63, 3.8) is 0 Å². The minimum Gasteiger partial charge on any atom is -0.477 e. The molecule has 0 aliphatic heterocycles. The van der Waals surface area contributed by atoms with E-state index in [1.54, 1.807) is 30.9 Å². The molecule has 0 saturated heterocycles. The Hall–Kier alpha value is -3.27. The number of carbonyl (C=O) groups excluding carboxylic acids is 1. The second kappa shape index (κ2) is 9.41. The first-order valence-electron chi connectivity index (χ1n) is 11.9. The number of Topliss-reactive ketones (excluding diaryl/α,β-unsaturated/α-hetero) is 1. The normalized spacial score (nSPS) is 16.9. The van der Waals surface area contributed by atoms with Crippen molar-refractivity contribution in [2.45, 2.75) is 61.9 Å². The van der Waals surface area contributed by atoms with Crippen LogP contribution in [0.25, 0.3) is 11.3 Å². The third kappa shape index (κ3) is 4.93. The van der Waals surface area contributed by atoms with Gasteiger partial charge in [-0.25, -0.2) is 23.4 Å². The number of hydrogen-bond acceptors (Lipinski definition) is 9. The number of rotatable bonds is 10. The molecular weight excluding hydrogens is 466 g/mol. The lowest BCUT2D eigenvalue weighted by Crippen LogP contribution is -2.44. The first-order valence-corrected chi connectivity index (χ1v) is 13.6. The lowest BCUT2D eigenvalue weighted by atomic mass is 9.63. The summed E-state index contributed by atoms with van der Waals surface area (Å²) in [6.07, 6.45) is 10.3. The molecule has 0 bridgehead atoms. The molecule has 2 aliphatic carbocycles. The van der Waals surface area contributed by atoms with E-state index in [1.807, 2.05) is 19.1 Å². The summed E-state index contributed by atoms with van der Waals surface area (Å²) in [6.45, 7) is 2.39. The molecular formula is C25H27N5O4S. The molecule has 10 heteroatoms. The molecule has 9 nitrogen and oxygen atoms in total. The Balaban J connectivity index is 1.32.